The fraction of sp³-hybridized carbons (Fsp3) is 0.273. The van der Waals surface area contributed by atoms with Crippen molar-refractivity contribution in [3.8, 4) is 0 Å². The van der Waals surface area contributed by atoms with Crippen molar-refractivity contribution in [3.05, 3.63) is 28.8 Å². The molecule has 0 saturated heterocycles. The predicted octanol–water partition coefficient (Wildman–Crippen LogP) is 2.65. The molecule has 0 aliphatic rings. The topological polar surface area (TPSA) is 30.0 Å². The molecule has 0 aliphatic carbocycles. The Bertz CT molecular complexity index is 504. The van der Waals surface area contributed by atoms with E-state index in [-0.39, 0.29) is 11.5 Å². The molecule has 0 N–H and O–H groups in total. The summed E-state index contributed by atoms with van der Waals surface area (Å²) in [5.74, 6) is 0.407. The number of fused-ring (bicyclic) bond motifs is 1. The lowest BCUT2D eigenvalue weighted by molar-refractivity contribution is -0.115. The number of ketones is 1. The second-order valence-electron chi connectivity index (χ2n) is 3.40. The van der Waals surface area contributed by atoms with Crippen LogP contribution in [0, 0.1) is 6.92 Å². The normalized spacial score (nSPS) is 10.8. The lowest BCUT2D eigenvalue weighted by Gasteiger charge is -1.91. The number of para-hydroxylation sites is 1. The molecule has 0 amide bonds. The number of hydrogen-bond acceptors (Lipinski definition) is 4. The van der Waals surface area contributed by atoms with Gasteiger partial charge in [-0.05, 0) is 18.6 Å². The number of rotatable bonds is 3. The van der Waals surface area contributed by atoms with Crippen LogP contribution in [0.1, 0.15) is 10.6 Å². The van der Waals surface area contributed by atoms with Gasteiger partial charge < -0.3 is 0 Å². The Balaban J connectivity index is 2.39. The van der Waals surface area contributed by atoms with Crippen LogP contribution in [-0.4, -0.2) is 16.5 Å². The smallest absolute Gasteiger partial charge is 0.149 e. The lowest BCUT2D eigenvalue weighted by atomic mass is 10.2. The maximum atomic E-state index is 11.2. The van der Waals surface area contributed by atoms with E-state index in [0.29, 0.717) is 6.42 Å². The zero-order valence-corrected chi connectivity index (χ0v) is 10.1. The van der Waals surface area contributed by atoms with Gasteiger partial charge in [0.25, 0.3) is 0 Å². The van der Waals surface area contributed by atoms with Crippen LogP contribution in [0.4, 0.5) is 0 Å². The van der Waals surface area contributed by atoms with Gasteiger partial charge in [0.15, 0.2) is 0 Å². The summed E-state index contributed by atoms with van der Waals surface area (Å²) in [5, 5.41) is 0.887. The minimum atomic E-state index is 0.120. The van der Waals surface area contributed by atoms with E-state index in [1.807, 2.05) is 25.1 Å². The van der Waals surface area contributed by atoms with E-state index in [9.17, 15) is 4.79 Å². The van der Waals surface area contributed by atoms with Gasteiger partial charge in [0.1, 0.15) is 10.8 Å². The van der Waals surface area contributed by atoms with E-state index in [0.717, 1.165) is 20.8 Å². The molecular weight excluding hydrogens is 226 g/mol. The molecule has 0 spiro atoms. The summed E-state index contributed by atoms with van der Waals surface area (Å²) in [4.78, 5) is 15.7. The standard InChI is InChI=1S/C11H11NOS2/c1-7-3-2-4-9-11(7)12-10(15-9)5-8(13)6-14/h2-4,14H,5-6H2,1H3. The molecule has 0 saturated carbocycles. The summed E-state index contributed by atoms with van der Waals surface area (Å²) in [5.41, 5.74) is 2.18. The molecule has 15 heavy (non-hydrogen) atoms. The highest BCUT2D eigenvalue weighted by Gasteiger charge is 2.08. The quantitative estimate of drug-likeness (QED) is 0.832. The van der Waals surface area contributed by atoms with Gasteiger partial charge in [-0.25, -0.2) is 4.98 Å². The highest BCUT2D eigenvalue weighted by atomic mass is 32.1. The first kappa shape index (κ1) is 10.6. The van der Waals surface area contributed by atoms with Crippen molar-refractivity contribution in [1.29, 1.82) is 0 Å². The molecule has 2 aromatic rings. The van der Waals surface area contributed by atoms with Crippen molar-refractivity contribution in [3.63, 3.8) is 0 Å². The van der Waals surface area contributed by atoms with Crippen LogP contribution in [0.25, 0.3) is 10.2 Å². The minimum absolute atomic E-state index is 0.120. The van der Waals surface area contributed by atoms with Crippen molar-refractivity contribution >= 4 is 40.0 Å². The van der Waals surface area contributed by atoms with E-state index in [4.69, 9.17) is 0 Å². The van der Waals surface area contributed by atoms with E-state index >= 15 is 0 Å². The van der Waals surface area contributed by atoms with Gasteiger partial charge in [-0.15, -0.1) is 11.3 Å². The van der Waals surface area contributed by atoms with Crippen LogP contribution in [0.2, 0.25) is 0 Å². The van der Waals surface area contributed by atoms with Gasteiger partial charge in [0, 0.05) is 5.75 Å². The Morgan fingerprint density at radius 2 is 2.33 bits per heavy atom. The fourth-order valence-corrected chi connectivity index (χ4v) is 2.62. The number of aryl methyl sites for hydroxylation is 1. The number of hydrogen-bond donors (Lipinski definition) is 1. The Morgan fingerprint density at radius 3 is 3.00 bits per heavy atom. The van der Waals surface area contributed by atoms with Crippen molar-refractivity contribution in [2.45, 2.75) is 13.3 Å². The molecule has 1 aromatic carbocycles. The van der Waals surface area contributed by atoms with Crippen LogP contribution < -0.4 is 0 Å². The summed E-state index contributed by atoms with van der Waals surface area (Å²) in [6.07, 6.45) is 0.405. The molecule has 0 aliphatic heterocycles. The zero-order chi connectivity index (χ0) is 10.8. The zero-order valence-electron chi connectivity index (χ0n) is 8.36. The van der Waals surface area contributed by atoms with Gasteiger partial charge in [-0.3, -0.25) is 4.79 Å². The van der Waals surface area contributed by atoms with Crippen molar-refractivity contribution in [1.82, 2.24) is 4.98 Å². The Hall–Kier alpha value is -0.870. The van der Waals surface area contributed by atoms with E-state index < -0.39 is 0 Å². The van der Waals surface area contributed by atoms with Crippen molar-refractivity contribution in [2.75, 3.05) is 5.75 Å². The third-order valence-corrected chi connectivity index (χ3v) is 3.56. The van der Waals surface area contributed by atoms with Crippen LogP contribution in [0.15, 0.2) is 18.2 Å². The molecule has 0 unspecified atom stereocenters. The summed E-state index contributed by atoms with van der Waals surface area (Å²) in [6, 6.07) is 6.08. The molecule has 0 atom stereocenters. The molecule has 78 valence electrons. The largest absolute Gasteiger partial charge is 0.298 e. The Morgan fingerprint density at radius 1 is 1.53 bits per heavy atom. The summed E-state index contributed by atoms with van der Waals surface area (Å²) in [7, 11) is 0. The molecule has 1 heterocycles. The van der Waals surface area contributed by atoms with Crippen LogP contribution >= 0.6 is 24.0 Å². The Kier molecular flexibility index (Phi) is 3.07. The fourth-order valence-electron chi connectivity index (χ4n) is 1.43. The number of thiazole rings is 1. The maximum absolute atomic E-state index is 11.2. The van der Waals surface area contributed by atoms with Gasteiger partial charge in [0.2, 0.25) is 0 Å². The van der Waals surface area contributed by atoms with Gasteiger partial charge in [-0.2, -0.15) is 12.6 Å². The van der Waals surface area contributed by atoms with Gasteiger partial charge in [-0.1, -0.05) is 12.1 Å². The number of aromatic nitrogens is 1. The van der Waals surface area contributed by atoms with Gasteiger partial charge >= 0.3 is 0 Å². The second kappa shape index (κ2) is 4.33. The monoisotopic (exact) mass is 237 g/mol. The van der Waals surface area contributed by atoms with Gasteiger partial charge in [0.05, 0.1) is 16.6 Å². The molecular formula is C11H11NOS2. The van der Waals surface area contributed by atoms with E-state index in [1.165, 1.54) is 0 Å². The number of benzene rings is 1. The number of Topliss-reactive ketones (excluding diaryl/α,β-unsaturated/α-hetero) is 1. The molecule has 1 aromatic heterocycles. The van der Waals surface area contributed by atoms with E-state index in [2.05, 4.69) is 17.6 Å². The minimum Gasteiger partial charge on any atom is -0.298 e. The SMILES string of the molecule is Cc1cccc2sc(CC(=O)CS)nc12. The summed E-state index contributed by atoms with van der Waals surface area (Å²) >= 11 is 5.55. The number of nitrogens with zero attached hydrogens (tertiary/aromatic N) is 1. The molecule has 0 bridgehead atoms. The second-order valence-corrected chi connectivity index (χ2v) is 4.83. The lowest BCUT2D eigenvalue weighted by Crippen LogP contribution is -2.02. The third kappa shape index (κ3) is 2.21. The molecule has 4 heteroatoms. The average molecular weight is 237 g/mol. The summed E-state index contributed by atoms with van der Waals surface area (Å²) in [6.45, 7) is 2.03. The Labute approximate surface area is 97.7 Å². The van der Waals surface area contributed by atoms with Crippen LogP contribution in [0.3, 0.4) is 0 Å². The highest BCUT2D eigenvalue weighted by molar-refractivity contribution is 7.81. The maximum Gasteiger partial charge on any atom is 0.149 e. The van der Waals surface area contributed by atoms with Crippen LogP contribution in [-0.2, 0) is 11.2 Å². The first-order chi connectivity index (χ1) is 7.20. The number of thiol groups is 1. The first-order valence-electron chi connectivity index (χ1n) is 4.68. The third-order valence-electron chi connectivity index (χ3n) is 2.19. The first-order valence-corrected chi connectivity index (χ1v) is 6.13. The van der Waals surface area contributed by atoms with Crippen LogP contribution in [0.5, 0.6) is 0 Å². The molecule has 0 fully saturated rings. The molecule has 2 rings (SSSR count). The van der Waals surface area contributed by atoms with E-state index in [1.54, 1.807) is 11.3 Å². The average Bonchev–Trinajstić information content (AvgIpc) is 2.62. The summed E-state index contributed by atoms with van der Waals surface area (Å²) < 4.78 is 1.15. The van der Waals surface area contributed by atoms with Crippen molar-refractivity contribution in [2.24, 2.45) is 0 Å². The number of carbonyl (C=O) groups is 1. The number of carbonyl (C=O) groups excluding carboxylic acids is 1. The molecule has 2 nitrogen and oxygen atoms in total. The van der Waals surface area contributed by atoms with Crippen molar-refractivity contribution < 1.29 is 4.79 Å². The highest BCUT2D eigenvalue weighted by Crippen LogP contribution is 2.24. The predicted molar refractivity (Wildman–Crippen MR) is 66.9 cm³/mol. The molecule has 0 radical (unpaired) electrons.